The second kappa shape index (κ2) is 5.62. The van der Waals surface area contributed by atoms with Gasteiger partial charge in [0.05, 0.1) is 0 Å². The zero-order valence-electron chi connectivity index (χ0n) is 10.1. The van der Waals surface area contributed by atoms with Gasteiger partial charge >= 0.3 is 0 Å². The molecular weight excluding hydrogens is 221 g/mol. The van der Waals surface area contributed by atoms with Gasteiger partial charge in [0.15, 0.2) is 0 Å². The quantitative estimate of drug-likeness (QED) is 0.777. The first kappa shape index (κ1) is 13.4. The Hall–Kier alpha value is -0.630. The molecule has 90 valence electrons. The number of aliphatic hydroxyl groups is 1. The molecule has 0 radical (unpaired) electrons. The van der Waals surface area contributed by atoms with Crippen molar-refractivity contribution in [3.63, 3.8) is 0 Å². The molecule has 0 heterocycles. The fourth-order valence-electron chi connectivity index (χ4n) is 1.36. The summed E-state index contributed by atoms with van der Waals surface area (Å²) in [6.07, 6.45) is 0. The zero-order chi connectivity index (χ0) is 12.2. The molecule has 1 aromatic carbocycles. The van der Waals surface area contributed by atoms with Gasteiger partial charge in [0.1, 0.15) is 13.0 Å². The van der Waals surface area contributed by atoms with Crippen molar-refractivity contribution >= 4 is 7.14 Å². The maximum Gasteiger partial charge on any atom is 0.119 e. The Morgan fingerprint density at radius 2 is 1.88 bits per heavy atom. The molecule has 1 unspecified atom stereocenters. The van der Waals surface area contributed by atoms with E-state index in [4.69, 9.17) is 0 Å². The van der Waals surface area contributed by atoms with Crippen LogP contribution in [0, 0.1) is 0 Å². The number of hydrogen-bond acceptors (Lipinski definition) is 3. The average molecular weight is 241 g/mol. The lowest BCUT2D eigenvalue weighted by Crippen LogP contribution is -2.28. The number of nitrogens with one attached hydrogen (secondary N) is 1. The summed E-state index contributed by atoms with van der Waals surface area (Å²) in [5.41, 5.74) is 1.16. The largest absolute Gasteiger partial charge is 0.384 e. The first-order chi connectivity index (χ1) is 7.41. The van der Waals surface area contributed by atoms with Crippen LogP contribution in [0.5, 0.6) is 0 Å². The molecule has 0 spiro atoms. The van der Waals surface area contributed by atoms with Crippen molar-refractivity contribution in [3.05, 3.63) is 35.9 Å². The first-order valence-electron chi connectivity index (χ1n) is 5.42. The molecule has 16 heavy (non-hydrogen) atoms. The Bertz CT molecular complexity index is 361. The van der Waals surface area contributed by atoms with Crippen molar-refractivity contribution in [3.8, 4) is 0 Å². The van der Waals surface area contributed by atoms with Gasteiger partial charge in [-0.25, -0.2) is 0 Å². The molecule has 3 nitrogen and oxygen atoms in total. The van der Waals surface area contributed by atoms with Crippen molar-refractivity contribution in [2.75, 3.05) is 19.9 Å². The molecule has 0 saturated carbocycles. The molecule has 0 aliphatic heterocycles. The maximum atomic E-state index is 11.6. The molecule has 0 aliphatic rings. The molecule has 0 bridgehead atoms. The summed E-state index contributed by atoms with van der Waals surface area (Å²) in [5.74, 6) is -0.765. The van der Waals surface area contributed by atoms with Crippen LogP contribution in [0.3, 0.4) is 0 Å². The lowest BCUT2D eigenvalue weighted by Gasteiger charge is -2.20. The number of aliphatic hydroxyl groups excluding tert-OH is 1. The van der Waals surface area contributed by atoms with Crippen LogP contribution < -0.4 is 5.32 Å². The lowest BCUT2D eigenvalue weighted by molar-refractivity contribution is 0.239. The third kappa shape index (κ3) is 4.09. The summed E-state index contributed by atoms with van der Waals surface area (Å²) < 4.78 is 11.6. The van der Waals surface area contributed by atoms with Crippen molar-refractivity contribution in [2.45, 2.75) is 18.8 Å². The molecule has 0 aliphatic carbocycles. The second-order valence-corrected chi connectivity index (χ2v) is 7.92. The minimum Gasteiger partial charge on any atom is -0.384 e. The van der Waals surface area contributed by atoms with Crippen molar-refractivity contribution in [1.29, 1.82) is 0 Å². The molecule has 0 aromatic heterocycles. The Kier molecular flexibility index (Phi) is 4.72. The number of hydrogen-bond donors (Lipinski definition) is 2. The highest BCUT2D eigenvalue weighted by Crippen LogP contribution is 2.40. The summed E-state index contributed by atoms with van der Waals surface area (Å²) in [6.45, 7) is 5.59. The van der Waals surface area contributed by atoms with E-state index in [1.165, 1.54) is 0 Å². The van der Waals surface area contributed by atoms with Crippen LogP contribution in [0.25, 0.3) is 0 Å². The molecule has 0 saturated heterocycles. The van der Waals surface area contributed by atoms with E-state index in [0.29, 0.717) is 6.54 Å². The van der Waals surface area contributed by atoms with Gasteiger partial charge in [-0.15, -0.1) is 0 Å². The van der Waals surface area contributed by atoms with Gasteiger partial charge < -0.3 is 15.0 Å². The van der Waals surface area contributed by atoms with E-state index in [9.17, 15) is 9.67 Å². The summed E-state index contributed by atoms with van der Waals surface area (Å²) in [5, 5.41) is 12.8. The van der Waals surface area contributed by atoms with Gasteiger partial charge in [0.25, 0.3) is 0 Å². The summed E-state index contributed by atoms with van der Waals surface area (Å²) in [6, 6.07) is 10.1. The molecule has 0 fully saturated rings. The monoisotopic (exact) mass is 241 g/mol. The minimum absolute atomic E-state index is 0.155. The Labute approximate surface area is 97.3 Å². The van der Waals surface area contributed by atoms with E-state index in [1.54, 1.807) is 13.3 Å². The highest BCUT2D eigenvalue weighted by Gasteiger charge is 2.20. The smallest absolute Gasteiger partial charge is 0.119 e. The second-order valence-electron chi connectivity index (χ2n) is 4.46. The van der Waals surface area contributed by atoms with Crippen LogP contribution in [-0.4, -0.2) is 30.8 Å². The van der Waals surface area contributed by atoms with Crippen LogP contribution in [0.2, 0.25) is 0 Å². The van der Waals surface area contributed by atoms with Crippen LogP contribution in [0.1, 0.15) is 18.5 Å². The molecular formula is C12H20NO2P. The van der Waals surface area contributed by atoms with E-state index < -0.39 is 13.0 Å². The maximum absolute atomic E-state index is 11.6. The Balaban J connectivity index is 2.48. The Morgan fingerprint density at radius 1 is 1.31 bits per heavy atom. The van der Waals surface area contributed by atoms with Gasteiger partial charge in [0, 0.05) is 12.6 Å². The molecule has 0 amide bonds. The predicted octanol–water partition coefficient (Wildman–Crippen LogP) is 2.28. The van der Waals surface area contributed by atoms with Gasteiger partial charge in [0.2, 0.25) is 0 Å². The first-order valence-corrected chi connectivity index (χ1v) is 8.09. The van der Waals surface area contributed by atoms with Crippen molar-refractivity contribution < 1.29 is 9.67 Å². The molecule has 4 heteroatoms. The fraction of sp³-hybridized carbons (Fsp3) is 0.500. The molecule has 1 rings (SSSR count). The SMILES string of the molecule is C[C@@H](NCC(O)P(C)(C)=O)c1ccccc1. The van der Waals surface area contributed by atoms with E-state index in [2.05, 4.69) is 5.32 Å². The Morgan fingerprint density at radius 3 is 2.38 bits per heavy atom. The van der Waals surface area contributed by atoms with E-state index in [0.717, 1.165) is 5.56 Å². The van der Waals surface area contributed by atoms with E-state index in [-0.39, 0.29) is 6.04 Å². The summed E-state index contributed by atoms with van der Waals surface area (Å²) >= 11 is 0. The third-order valence-corrected chi connectivity index (χ3v) is 4.24. The van der Waals surface area contributed by atoms with E-state index >= 15 is 0 Å². The topological polar surface area (TPSA) is 49.3 Å². The van der Waals surface area contributed by atoms with E-state index in [1.807, 2.05) is 37.3 Å². The fourth-order valence-corrected chi connectivity index (χ4v) is 1.91. The van der Waals surface area contributed by atoms with Crippen LogP contribution in [-0.2, 0) is 4.57 Å². The van der Waals surface area contributed by atoms with Gasteiger partial charge in [-0.3, -0.25) is 0 Å². The molecule has 1 aromatic rings. The van der Waals surface area contributed by atoms with Crippen LogP contribution >= 0.6 is 7.14 Å². The number of benzene rings is 1. The van der Waals surface area contributed by atoms with Gasteiger partial charge in [-0.05, 0) is 25.8 Å². The lowest BCUT2D eigenvalue weighted by atomic mass is 10.1. The van der Waals surface area contributed by atoms with Gasteiger partial charge in [-0.1, -0.05) is 30.3 Å². The third-order valence-electron chi connectivity index (χ3n) is 2.62. The van der Waals surface area contributed by atoms with Crippen LogP contribution in [0.15, 0.2) is 30.3 Å². The normalized spacial score (nSPS) is 15.8. The standard InChI is InChI=1S/C12H20NO2P/c1-10(11-7-5-4-6-8-11)13-9-12(14)16(2,3)15/h4-8,10,12-14H,9H2,1-3H3/t10-,12?/m1/s1. The van der Waals surface area contributed by atoms with Crippen molar-refractivity contribution in [1.82, 2.24) is 5.32 Å². The number of rotatable bonds is 5. The predicted molar refractivity (Wildman–Crippen MR) is 68.3 cm³/mol. The van der Waals surface area contributed by atoms with Crippen molar-refractivity contribution in [2.24, 2.45) is 0 Å². The molecule has 2 N–H and O–H groups in total. The van der Waals surface area contributed by atoms with Gasteiger partial charge in [-0.2, -0.15) is 0 Å². The molecule has 2 atom stereocenters. The van der Waals surface area contributed by atoms with Crippen LogP contribution in [0.4, 0.5) is 0 Å². The highest BCUT2D eigenvalue weighted by molar-refractivity contribution is 7.62. The summed E-state index contributed by atoms with van der Waals surface area (Å²) in [4.78, 5) is 0. The highest BCUT2D eigenvalue weighted by atomic mass is 31.2. The average Bonchev–Trinajstić information content (AvgIpc) is 2.25. The zero-order valence-corrected chi connectivity index (χ0v) is 10.9. The summed E-state index contributed by atoms with van der Waals surface area (Å²) in [7, 11) is -2.41. The minimum atomic E-state index is -2.41.